The number of likely N-dealkylation sites (N-methyl/N-ethyl adjacent to an activating group) is 1. The van der Waals surface area contributed by atoms with Crippen molar-refractivity contribution in [3.63, 3.8) is 0 Å². The number of hydrogen-bond acceptors (Lipinski definition) is 3. The van der Waals surface area contributed by atoms with Crippen molar-refractivity contribution in [1.29, 1.82) is 0 Å². The molecule has 0 bridgehead atoms. The second kappa shape index (κ2) is 7.27. The number of pyridine rings is 1. The predicted molar refractivity (Wildman–Crippen MR) is 112 cm³/mol. The molecule has 2 heterocycles. The molecule has 0 radical (unpaired) electrons. The van der Waals surface area contributed by atoms with Gasteiger partial charge in [-0.3, -0.25) is 14.5 Å². The number of aryl methyl sites for hydroxylation is 1. The molecule has 140 valence electrons. The lowest BCUT2D eigenvalue weighted by atomic mass is 9.98. The van der Waals surface area contributed by atoms with Crippen LogP contribution in [-0.4, -0.2) is 39.7 Å². The summed E-state index contributed by atoms with van der Waals surface area (Å²) in [5.74, 6) is 0.0212. The van der Waals surface area contributed by atoms with E-state index in [9.17, 15) is 4.79 Å². The van der Waals surface area contributed by atoms with Crippen LogP contribution in [0.3, 0.4) is 0 Å². The molecule has 0 saturated heterocycles. The quantitative estimate of drug-likeness (QED) is 0.542. The number of rotatable bonds is 4. The Labute approximate surface area is 164 Å². The summed E-state index contributed by atoms with van der Waals surface area (Å²) in [6, 6.07) is 16.7. The van der Waals surface area contributed by atoms with E-state index < -0.39 is 0 Å². The summed E-state index contributed by atoms with van der Waals surface area (Å²) in [6.07, 6.45) is 5.73. The maximum Gasteiger partial charge on any atom is 0.243 e. The van der Waals surface area contributed by atoms with Crippen molar-refractivity contribution < 1.29 is 4.79 Å². The van der Waals surface area contributed by atoms with E-state index in [0.29, 0.717) is 0 Å². The third-order valence-electron chi connectivity index (χ3n) is 4.92. The Balaban J connectivity index is 1.65. The van der Waals surface area contributed by atoms with Crippen LogP contribution in [0.25, 0.3) is 33.0 Å². The van der Waals surface area contributed by atoms with E-state index in [1.54, 1.807) is 23.7 Å². The summed E-state index contributed by atoms with van der Waals surface area (Å²) < 4.78 is 1.70. The normalized spacial score (nSPS) is 11.0. The van der Waals surface area contributed by atoms with E-state index in [2.05, 4.69) is 46.5 Å². The van der Waals surface area contributed by atoms with Crippen LogP contribution in [0.2, 0.25) is 0 Å². The molecular weight excluding hydrogens is 348 g/mol. The number of hydrogen-bond donors (Lipinski definition) is 0. The van der Waals surface area contributed by atoms with Crippen LogP contribution in [0.15, 0.2) is 67.1 Å². The fourth-order valence-corrected chi connectivity index (χ4v) is 3.34. The highest BCUT2D eigenvalue weighted by Crippen LogP contribution is 2.30. The van der Waals surface area contributed by atoms with Crippen LogP contribution in [0.1, 0.15) is 5.69 Å². The van der Waals surface area contributed by atoms with Gasteiger partial charge < -0.3 is 4.90 Å². The lowest BCUT2D eigenvalue weighted by molar-refractivity contribution is -0.129. The Morgan fingerprint density at radius 3 is 2.36 bits per heavy atom. The van der Waals surface area contributed by atoms with Gasteiger partial charge in [0.05, 0.1) is 5.69 Å². The summed E-state index contributed by atoms with van der Waals surface area (Å²) in [7, 11) is 3.50. The first-order valence-electron chi connectivity index (χ1n) is 9.20. The second-order valence-corrected chi connectivity index (χ2v) is 7.10. The van der Waals surface area contributed by atoms with Gasteiger partial charge in [-0.1, -0.05) is 48.5 Å². The average Bonchev–Trinajstić information content (AvgIpc) is 3.07. The van der Waals surface area contributed by atoms with Crippen LogP contribution >= 0.6 is 0 Å². The number of amides is 1. The highest BCUT2D eigenvalue weighted by molar-refractivity contribution is 5.95. The van der Waals surface area contributed by atoms with Crippen LogP contribution < -0.4 is 0 Å². The van der Waals surface area contributed by atoms with E-state index in [0.717, 1.165) is 33.3 Å². The van der Waals surface area contributed by atoms with Gasteiger partial charge in [-0.15, -0.1) is 0 Å². The Bertz CT molecular complexity index is 1140. The Kier molecular flexibility index (Phi) is 4.65. The number of aromatic nitrogens is 3. The fraction of sp³-hybridized carbons (Fsp3) is 0.174. The lowest BCUT2D eigenvalue weighted by Gasteiger charge is -2.09. The first-order valence-corrected chi connectivity index (χ1v) is 9.20. The van der Waals surface area contributed by atoms with E-state index in [1.807, 2.05) is 37.6 Å². The zero-order valence-electron chi connectivity index (χ0n) is 16.3. The molecule has 0 aliphatic heterocycles. The van der Waals surface area contributed by atoms with Gasteiger partial charge in [0.15, 0.2) is 0 Å². The molecule has 28 heavy (non-hydrogen) atoms. The number of nitrogens with zero attached hydrogens (tertiary/aromatic N) is 4. The molecule has 2 aromatic heterocycles. The van der Waals surface area contributed by atoms with Gasteiger partial charge >= 0.3 is 0 Å². The molecule has 0 aliphatic rings. The van der Waals surface area contributed by atoms with Crippen LogP contribution in [0, 0.1) is 6.92 Å². The molecule has 0 fully saturated rings. The van der Waals surface area contributed by atoms with Crippen molar-refractivity contribution in [3.05, 3.63) is 72.8 Å². The number of carbonyl (C=O) groups excluding carboxylic acids is 1. The minimum absolute atomic E-state index is 0.0212. The molecule has 2 aromatic carbocycles. The minimum atomic E-state index is 0.0212. The Morgan fingerprint density at radius 2 is 1.64 bits per heavy atom. The van der Waals surface area contributed by atoms with Crippen molar-refractivity contribution in [2.45, 2.75) is 13.5 Å². The molecule has 4 rings (SSSR count). The molecule has 0 unspecified atom stereocenters. The Morgan fingerprint density at radius 1 is 0.964 bits per heavy atom. The second-order valence-electron chi connectivity index (χ2n) is 7.10. The first kappa shape index (κ1) is 17.9. The average molecular weight is 370 g/mol. The van der Waals surface area contributed by atoms with Crippen LogP contribution in [0.4, 0.5) is 0 Å². The molecule has 0 atom stereocenters. The van der Waals surface area contributed by atoms with Gasteiger partial charge in [-0.2, -0.15) is 5.10 Å². The van der Waals surface area contributed by atoms with Crippen molar-refractivity contribution in [2.24, 2.45) is 0 Å². The summed E-state index contributed by atoms with van der Waals surface area (Å²) >= 11 is 0. The lowest BCUT2D eigenvalue weighted by Crippen LogP contribution is -2.26. The molecule has 4 aromatic rings. The van der Waals surface area contributed by atoms with Crippen molar-refractivity contribution in [2.75, 3.05) is 14.1 Å². The standard InChI is InChI=1S/C23H22N4O/c1-16-22(14-27(25-16)15-23(28)26(2)3)18-10-8-17(9-11-18)21-13-24-12-19-6-4-5-7-20(19)21/h4-14H,15H2,1-3H3. The summed E-state index contributed by atoms with van der Waals surface area (Å²) in [4.78, 5) is 17.9. The Hall–Kier alpha value is -3.47. The summed E-state index contributed by atoms with van der Waals surface area (Å²) in [6.45, 7) is 2.21. The molecular formula is C23H22N4O. The maximum absolute atomic E-state index is 11.9. The summed E-state index contributed by atoms with van der Waals surface area (Å²) in [5, 5.41) is 6.81. The summed E-state index contributed by atoms with van der Waals surface area (Å²) in [5.41, 5.74) is 5.27. The molecule has 0 aliphatic carbocycles. The zero-order chi connectivity index (χ0) is 19.7. The van der Waals surface area contributed by atoms with Crippen LogP contribution in [-0.2, 0) is 11.3 Å². The largest absolute Gasteiger partial charge is 0.347 e. The van der Waals surface area contributed by atoms with Crippen molar-refractivity contribution in [1.82, 2.24) is 19.7 Å². The minimum Gasteiger partial charge on any atom is -0.347 e. The monoisotopic (exact) mass is 370 g/mol. The number of fused-ring (bicyclic) bond motifs is 1. The SMILES string of the molecule is Cc1nn(CC(=O)N(C)C)cc1-c1ccc(-c2cncc3ccccc23)cc1. The topological polar surface area (TPSA) is 51.0 Å². The van der Waals surface area contributed by atoms with E-state index in [-0.39, 0.29) is 12.5 Å². The van der Waals surface area contributed by atoms with Gasteiger partial charge in [-0.05, 0) is 23.4 Å². The molecule has 0 spiro atoms. The fourth-order valence-electron chi connectivity index (χ4n) is 3.34. The number of benzene rings is 2. The predicted octanol–water partition coefficient (Wildman–Crippen LogP) is 4.16. The van der Waals surface area contributed by atoms with Gasteiger partial charge in [0, 0.05) is 49.2 Å². The number of carbonyl (C=O) groups is 1. The van der Waals surface area contributed by atoms with E-state index in [4.69, 9.17) is 0 Å². The van der Waals surface area contributed by atoms with Crippen LogP contribution in [0.5, 0.6) is 0 Å². The highest BCUT2D eigenvalue weighted by atomic mass is 16.2. The third kappa shape index (κ3) is 3.39. The van der Waals surface area contributed by atoms with Gasteiger partial charge in [-0.25, -0.2) is 0 Å². The van der Waals surface area contributed by atoms with Gasteiger partial charge in [0.2, 0.25) is 5.91 Å². The van der Waals surface area contributed by atoms with Crippen molar-refractivity contribution >= 4 is 16.7 Å². The van der Waals surface area contributed by atoms with Crippen molar-refractivity contribution in [3.8, 4) is 22.3 Å². The highest BCUT2D eigenvalue weighted by Gasteiger charge is 2.12. The maximum atomic E-state index is 11.9. The molecule has 0 N–H and O–H groups in total. The van der Waals surface area contributed by atoms with E-state index >= 15 is 0 Å². The van der Waals surface area contributed by atoms with Gasteiger partial charge in [0.25, 0.3) is 0 Å². The molecule has 0 saturated carbocycles. The zero-order valence-corrected chi connectivity index (χ0v) is 16.3. The third-order valence-corrected chi connectivity index (χ3v) is 4.92. The van der Waals surface area contributed by atoms with Gasteiger partial charge in [0.1, 0.15) is 6.54 Å². The smallest absolute Gasteiger partial charge is 0.243 e. The van der Waals surface area contributed by atoms with E-state index in [1.165, 1.54) is 5.39 Å². The molecule has 5 heteroatoms. The molecule has 1 amide bonds. The first-order chi connectivity index (χ1) is 13.5. The molecule has 5 nitrogen and oxygen atoms in total.